The molecule has 0 aliphatic carbocycles. The number of anilines is 1. The smallest absolute Gasteiger partial charge is 0.250 e. The molecule has 6 heteroatoms. The van der Waals surface area contributed by atoms with Crippen LogP contribution < -0.4 is 5.32 Å². The van der Waals surface area contributed by atoms with Crippen molar-refractivity contribution < 1.29 is 9.53 Å². The molecule has 0 unspecified atom stereocenters. The number of hydrogen-bond acceptors (Lipinski definition) is 4. The van der Waals surface area contributed by atoms with Gasteiger partial charge in [0.15, 0.2) is 0 Å². The Morgan fingerprint density at radius 1 is 1.35 bits per heavy atom. The molecule has 1 amide bonds. The Morgan fingerprint density at radius 2 is 2.10 bits per heavy atom. The summed E-state index contributed by atoms with van der Waals surface area (Å²) in [5, 5.41) is 10.5. The van der Waals surface area contributed by atoms with Crippen LogP contribution in [-0.2, 0) is 9.53 Å². The first kappa shape index (κ1) is 14.2. The van der Waals surface area contributed by atoms with E-state index in [4.69, 9.17) is 4.74 Å². The minimum Gasteiger partial charge on any atom is -0.366 e. The maximum atomic E-state index is 11.9. The Kier molecular flexibility index (Phi) is 4.14. The van der Waals surface area contributed by atoms with Crippen molar-refractivity contribution in [1.82, 2.24) is 15.0 Å². The summed E-state index contributed by atoms with van der Waals surface area (Å²) in [5.74, 6) is -0.201. The van der Waals surface area contributed by atoms with Crippen LogP contribution >= 0.6 is 0 Å². The van der Waals surface area contributed by atoms with E-state index in [2.05, 4.69) is 15.6 Å². The highest BCUT2D eigenvalue weighted by molar-refractivity contribution is 5.93. The van der Waals surface area contributed by atoms with E-state index in [1.807, 2.05) is 45.0 Å². The molecule has 6 nitrogen and oxygen atoms in total. The van der Waals surface area contributed by atoms with Crippen molar-refractivity contribution in [2.75, 3.05) is 11.9 Å². The lowest BCUT2D eigenvalue weighted by molar-refractivity contribution is -0.125. The molecule has 106 valence electrons. The highest BCUT2D eigenvalue weighted by Crippen LogP contribution is 2.18. The predicted octanol–water partition coefficient (Wildman–Crippen LogP) is 2.02. The maximum absolute atomic E-state index is 11.9. The number of carbonyl (C=O) groups is 1. The molecule has 20 heavy (non-hydrogen) atoms. The van der Waals surface area contributed by atoms with Gasteiger partial charge in [0.25, 0.3) is 0 Å². The number of rotatable bonds is 4. The van der Waals surface area contributed by atoms with E-state index in [-0.39, 0.29) is 18.1 Å². The van der Waals surface area contributed by atoms with Crippen molar-refractivity contribution in [1.29, 1.82) is 0 Å². The Morgan fingerprint density at radius 3 is 2.75 bits per heavy atom. The Balaban J connectivity index is 2.08. The van der Waals surface area contributed by atoms with Gasteiger partial charge in [-0.3, -0.25) is 4.79 Å². The lowest BCUT2D eigenvalue weighted by Crippen LogP contribution is -2.27. The number of ether oxygens (including phenoxy) is 1. The van der Waals surface area contributed by atoms with Gasteiger partial charge < -0.3 is 10.1 Å². The summed E-state index contributed by atoms with van der Waals surface area (Å²) in [5.41, 5.74) is 1.08. The zero-order valence-corrected chi connectivity index (χ0v) is 11.8. The van der Waals surface area contributed by atoms with Crippen LogP contribution in [0.5, 0.6) is 0 Å². The zero-order chi connectivity index (χ0) is 14.6. The number of carbonyl (C=O) groups excluding carboxylic acids is 1. The molecule has 2 rings (SSSR count). The van der Waals surface area contributed by atoms with Gasteiger partial charge in [-0.25, -0.2) is 4.68 Å². The molecule has 0 aliphatic heterocycles. The first-order valence-electron chi connectivity index (χ1n) is 6.35. The van der Waals surface area contributed by atoms with E-state index in [1.165, 1.54) is 0 Å². The highest BCUT2D eigenvalue weighted by atomic mass is 16.5. The second-order valence-electron chi connectivity index (χ2n) is 5.31. The molecule has 0 radical (unpaired) electrons. The van der Waals surface area contributed by atoms with Crippen LogP contribution in [-0.4, -0.2) is 33.1 Å². The average molecular weight is 274 g/mol. The third-order valence-corrected chi connectivity index (χ3v) is 2.48. The predicted molar refractivity (Wildman–Crippen MR) is 75.7 cm³/mol. The third-order valence-electron chi connectivity index (χ3n) is 2.48. The first-order chi connectivity index (χ1) is 9.46. The third kappa shape index (κ3) is 3.89. The van der Waals surface area contributed by atoms with Crippen LogP contribution in [0.15, 0.2) is 36.7 Å². The van der Waals surface area contributed by atoms with Gasteiger partial charge in [-0.2, -0.15) is 0 Å². The number of nitrogens with zero attached hydrogens (tertiary/aromatic N) is 3. The van der Waals surface area contributed by atoms with Gasteiger partial charge in [0, 0.05) is 0 Å². The number of nitrogens with one attached hydrogen (secondary N) is 1. The molecular formula is C14H18N4O2. The van der Waals surface area contributed by atoms with Crippen LogP contribution in [0.3, 0.4) is 0 Å². The lowest BCUT2D eigenvalue weighted by Gasteiger charge is -2.19. The second-order valence-corrected chi connectivity index (χ2v) is 5.31. The molecular weight excluding hydrogens is 256 g/mol. The molecule has 0 atom stereocenters. The molecule has 1 aromatic carbocycles. The van der Waals surface area contributed by atoms with Crippen molar-refractivity contribution in [2.24, 2.45) is 0 Å². The molecule has 0 bridgehead atoms. The minimum absolute atomic E-state index is 0.00912. The molecule has 0 aliphatic rings. The van der Waals surface area contributed by atoms with Gasteiger partial charge >= 0.3 is 0 Å². The van der Waals surface area contributed by atoms with Crippen LogP contribution in [0.25, 0.3) is 5.69 Å². The molecule has 0 fully saturated rings. The summed E-state index contributed by atoms with van der Waals surface area (Å²) >= 11 is 0. The average Bonchev–Trinajstić information content (AvgIpc) is 2.90. The molecule has 0 saturated heterocycles. The van der Waals surface area contributed by atoms with Crippen molar-refractivity contribution in [3.63, 3.8) is 0 Å². The summed E-state index contributed by atoms with van der Waals surface area (Å²) in [7, 11) is 0. The normalized spacial score (nSPS) is 11.3. The van der Waals surface area contributed by atoms with Gasteiger partial charge in [0.05, 0.1) is 29.4 Å². The van der Waals surface area contributed by atoms with E-state index in [0.717, 1.165) is 5.69 Å². The summed E-state index contributed by atoms with van der Waals surface area (Å²) in [6.07, 6.45) is 3.30. The number of amides is 1. The van der Waals surface area contributed by atoms with E-state index < -0.39 is 0 Å². The summed E-state index contributed by atoms with van der Waals surface area (Å²) in [6.45, 7) is 5.73. The number of benzene rings is 1. The molecule has 1 N–H and O–H groups in total. The number of para-hydroxylation sites is 2. The summed E-state index contributed by atoms with van der Waals surface area (Å²) in [6, 6.07) is 7.39. The molecule has 1 aromatic heterocycles. The Labute approximate surface area is 117 Å². The topological polar surface area (TPSA) is 69.0 Å². The van der Waals surface area contributed by atoms with Crippen molar-refractivity contribution >= 4 is 11.6 Å². The van der Waals surface area contributed by atoms with Crippen LogP contribution in [0.2, 0.25) is 0 Å². The Hall–Kier alpha value is -2.21. The van der Waals surface area contributed by atoms with E-state index in [9.17, 15) is 4.79 Å². The van der Waals surface area contributed by atoms with Gasteiger partial charge in [0.2, 0.25) is 5.91 Å². The molecule has 0 saturated carbocycles. The summed E-state index contributed by atoms with van der Waals surface area (Å²) < 4.78 is 7.04. The standard InChI is InChI=1S/C14H18N4O2/c1-14(2,3)20-10-13(19)16-11-6-4-5-7-12(11)18-9-8-15-17-18/h4-9H,10H2,1-3H3,(H,16,19). The fourth-order valence-corrected chi connectivity index (χ4v) is 1.58. The fourth-order valence-electron chi connectivity index (χ4n) is 1.58. The van der Waals surface area contributed by atoms with Gasteiger partial charge in [-0.1, -0.05) is 17.3 Å². The fraction of sp³-hybridized carbons (Fsp3) is 0.357. The minimum atomic E-state index is -0.344. The molecule has 2 aromatic rings. The van der Waals surface area contributed by atoms with Crippen LogP contribution in [0, 0.1) is 0 Å². The SMILES string of the molecule is CC(C)(C)OCC(=O)Nc1ccccc1-n1ccnn1. The van der Waals surface area contributed by atoms with E-state index in [0.29, 0.717) is 5.69 Å². The lowest BCUT2D eigenvalue weighted by atomic mass is 10.2. The van der Waals surface area contributed by atoms with Crippen molar-refractivity contribution in [3.05, 3.63) is 36.7 Å². The summed E-state index contributed by atoms with van der Waals surface area (Å²) in [4.78, 5) is 11.9. The number of hydrogen-bond donors (Lipinski definition) is 1. The van der Waals surface area contributed by atoms with Crippen molar-refractivity contribution in [3.8, 4) is 5.69 Å². The van der Waals surface area contributed by atoms with Crippen LogP contribution in [0.1, 0.15) is 20.8 Å². The van der Waals surface area contributed by atoms with Crippen LogP contribution in [0.4, 0.5) is 5.69 Å². The first-order valence-corrected chi connectivity index (χ1v) is 6.35. The monoisotopic (exact) mass is 274 g/mol. The quantitative estimate of drug-likeness (QED) is 0.926. The Bertz CT molecular complexity index is 573. The molecule has 1 heterocycles. The number of aromatic nitrogens is 3. The van der Waals surface area contributed by atoms with Gasteiger partial charge in [0.1, 0.15) is 6.61 Å². The largest absolute Gasteiger partial charge is 0.366 e. The van der Waals surface area contributed by atoms with E-state index >= 15 is 0 Å². The second kappa shape index (κ2) is 5.83. The zero-order valence-electron chi connectivity index (χ0n) is 11.8. The van der Waals surface area contributed by atoms with Gasteiger partial charge in [-0.15, -0.1) is 5.10 Å². The maximum Gasteiger partial charge on any atom is 0.250 e. The van der Waals surface area contributed by atoms with E-state index in [1.54, 1.807) is 17.1 Å². The van der Waals surface area contributed by atoms with Gasteiger partial charge in [-0.05, 0) is 32.9 Å². The highest BCUT2D eigenvalue weighted by Gasteiger charge is 2.14. The molecule has 0 spiro atoms. The van der Waals surface area contributed by atoms with Crippen molar-refractivity contribution in [2.45, 2.75) is 26.4 Å².